The lowest BCUT2D eigenvalue weighted by Gasteiger charge is -2.33. The molecule has 86 valence electrons. The van der Waals surface area contributed by atoms with Gasteiger partial charge >= 0.3 is 5.97 Å². The summed E-state index contributed by atoms with van der Waals surface area (Å²) in [6.45, 7) is 4.34. The molecule has 1 aliphatic heterocycles. The quantitative estimate of drug-likeness (QED) is 0.665. The smallest absolute Gasteiger partial charge is 0.328 e. The lowest BCUT2D eigenvalue weighted by molar-refractivity contribution is -0.155. The molecule has 1 fully saturated rings. The van der Waals surface area contributed by atoms with Gasteiger partial charge in [-0.05, 0) is 26.7 Å². The molecule has 15 heavy (non-hydrogen) atoms. The molecule has 0 aromatic heterocycles. The van der Waals surface area contributed by atoms with Crippen LogP contribution in [0.3, 0.4) is 0 Å². The van der Waals surface area contributed by atoms with Gasteiger partial charge in [-0.2, -0.15) is 0 Å². The van der Waals surface area contributed by atoms with Crippen LogP contribution < -0.4 is 5.73 Å². The number of carbonyl (C=O) groups is 2. The van der Waals surface area contributed by atoms with Gasteiger partial charge in [0, 0.05) is 6.54 Å². The standard InChI is InChI=1S/C10H18N2O3/c1-3-15-10(14)7(2)12-6-4-5-8(11)9(12)13/h7-8H,3-6,11H2,1-2H3. The maximum absolute atomic E-state index is 11.7. The number of hydrogen-bond acceptors (Lipinski definition) is 4. The van der Waals surface area contributed by atoms with Crippen LogP contribution in [0, 0.1) is 0 Å². The van der Waals surface area contributed by atoms with Gasteiger partial charge in [-0.25, -0.2) is 4.79 Å². The van der Waals surface area contributed by atoms with E-state index in [0.717, 1.165) is 6.42 Å². The first-order valence-corrected chi connectivity index (χ1v) is 5.30. The minimum Gasteiger partial charge on any atom is -0.464 e. The number of nitrogens with two attached hydrogens (primary N) is 1. The summed E-state index contributed by atoms with van der Waals surface area (Å²) in [7, 11) is 0. The fourth-order valence-corrected chi connectivity index (χ4v) is 1.70. The first-order chi connectivity index (χ1) is 7.07. The van der Waals surface area contributed by atoms with Crippen molar-refractivity contribution in [2.24, 2.45) is 5.73 Å². The SMILES string of the molecule is CCOC(=O)C(C)N1CCCC(N)C1=O. The van der Waals surface area contributed by atoms with Gasteiger partial charge in [-0.3, -0.25) is 4.79 Å². The molecule has 2 unspecified atom stereocenters. The Morgan fingerprint density at radius 1 is 1.73 bits per heavy atom. The number of hydrogen-bond donors (Lipinski definition) is 1. The Hall–Kier alpha value is -1.10. The van der Waals surface area contributed by atoms with Gasteiger partial charge < -0.3 is 15.4 Å². The average Bonchev–Trinajstić information content (AvgIpc) is 2.21. The number of amides is 1. The van der Waals surface area contributed by atoms with E-state index in [9.17, 15) is 9.59 Å². The van der Waals surface area contributed by atoms with Crippen LogP contribution in [0.25, 0.3) is 0 Å². The van der Waals surface area contributed by atoms with Crippen LogP contribution >= 0.6 is 0 Å². The maximum Gasteiger partial charge on any atom is 0.328 e. The molecule has 0 bridgehead atoms. The molecule has 2 atom stereocenters. The van der Waals surface area contributed by atoms with Gasteiger partial charge in [0.05, 0.1) is 12.6 Å². The molecule has 0 aliphatic carbocycles. The van der Waals surface area contributed by atoms with E-state index in [0.29, 0.717) is 19.6 Å². The van der Waals surface area contributed by atoms with Gasteiger partial charge in [0.25, 0.3) is 0 Å². The molecule has 2 N–H and O–H groups in total. The molecule has 0 aromatic rings. The van der Waals surface area contributed by atoms with Gasteiger partial charge in [0.2, 0.25) is 5.91 Å². The van der Waals surface area contributed by atoms with E-state index in [2.05, 4.69) is 0 Å². The second-order valence-corrected chi connectivity index (χ2v) is 3.71. The average molecular weight is 214 g/mol. The highest BCUT2D eigenvalue weighted by atomic mass is 16.5. The number of piperidine rings is 1. The molecule has 0 saturated carbocycles. The number of esters is 1. The van der Waals surface area contributed by atoms with Crippen molar-refractivity contribution in [3.63, 3.8) is 0 Å². The third kappa shape index (κ3) is 2.68. The first kappa shape index (κ1) is 12.0. The summed E-state index contributed by atoms with van der Waals surface area (Å²) >= 11 is 0. The second kappa shape index (κ2) is 5.11. The number of carbonyl (C=O) groups excluding carboxylic acids is 2. The Labute approximate surface area is 89.6 Å². The summed E-state index contributed by atoms with van der Waals surface area (Å²) < 4.78 is 4.87. The Morgan fingerprint density at radius 2 is 2.40 bits per heavy atom. The summed E-state index contributed by atoms with van der Waals surface area (Å²) in [5.74, 6) is -0.512. The Balaban J connectivity index is 2.61. The van der Waals surface area contributed by atoms with Crippen LogP contribution in [0.4, 0.5) is 0 Å². The molecule has 1 saturated heterocycles. The van der Waals surface area contributed by atoms with Gasteiger partial charge in [-0.15, -0.1) is 0 Å². The van der Waals surface area contributed by atoms with E-state index in [1.165, 1.54) is 4.90 Å². The van der Waals surface area contributed by atoms with Crippen molar-refractivity contribution in [2.45, 2.75) is 38.8 Å². The van der Waals surface area contributed by atoms with Crippen LogP contribution in [0.5, 0.6) is 0 Å². The van der Waals surface area contributed by atoms with Crippen LogP contribution in [0.1, 0.15) is 26.7 Å². The largest absolute Gasteiger partial charge is 0.464 e. The zero-order chi connectivity index (χ0) is 11.4. The van der Waals surface area contributed by atoms with Gasteiger partial charge in [0.1, 0.15) is 6.04 Å². The molecular formula is C10H18N2O3. The van der Waals surface area contributed by atoms with Crippen molar-refractivity contribution in [3.8, 4) is 0 Å². The molecular weight excluding hydrogens is 196 g/mol. The molecule has 5 heteroatoms. The number of likely N-dealkylation sites (tertiary alicyclic amines) is 1. The molecule has 1 aliphatic rings. The van der Waals surface area contributed by atoms with E-state index in [1.54, 1.807) is 13.8 Å². The Kier molecular flexibility index (Phi) is 4.08. The third-order valence-corrected chi connectivity index (χ3v) is 2.61. The van der Waals surface area contributed by atoms with Crippen LogP contribution in [0.15, 0.2) is 0 Å². The monoisotopic (exact) mass is 214 g/mol. The van der Waals surface area contributed by atoms with E-state index >= 15 is 0 Å². The lowest BCUT2D eigenvalue weighted by atomic mass is 10.0. The highest BCUT2D eigenvalue weighted by Crippen LogP contribution is 2.13. The fourth-order valence-electron chi connectivity index (χ4n) is 1.70. The molecule has 1 rings (SSSR count). The number of nitrogens with zero attached hydrogens (tertiary/aromatic N) is 1. The fraction of sp³-hybridized carbons (Fsp3) is 0.800. The Morgan fingerprint density at radius 3 is 3.00 bits per heavy atom. The molecule has 1 amide bonds. The molecule has 5 nitrogen and oxygen atoms in total. The third-order valence-electron chi connectivity index (χ3n) is 2.61. The van der Waals surface area contributed by atoms with Gasteiger partial charge in [-0.1, -0.05) is 0 Å². The van der Waals surface area contributed by atoms with E-state index in [-0.39, 0.29) is 11.9 Å². The van der Waals surface area contributed by atoms with E-state index in [4.69, 9.17) is 10.5 Å². The summed E-state index contributed by atoms with van der Waals surface area (Å²) in [5.41, 5.74) is 5.64. The maximum atomic E-state index is 11.7. The first-order valence-electron chi connectivity index (χ1n) is 5.30. The van der Waals surface area contributed by atoms with Crippen LogP contribution in [-0.2, 0) is 14.3 Å². The zero-order valence-electron chi connectivity index (χ0n) is 9.23. The summed E-state index contributed by atoms with van der Waals surface area (Å²) in [6.07, 6.45) is 1.54. The zero-order valence-corrected chi connectivity index (χ0v) is 9.23. The van der Waals surface area contributed by atoms with Gasteiger partial charge in [0.15, 0.2) is 0 Å². The van der Waals surface area contributed by atoms with Crippen molar-refractivity contribution in [1.82, 2.24) is 4.90 Å². The molecule has 0 radical (unpaired) electrons. The predicted molar refractivity (Wildman–Crippen MR) is 55.0 cm³/mol. The molecule has 0 aromatic carbocycles. The van der Waals surface area contributed by atoms with Crippen molar-refractivity contribution >= 4 is 11.9 Å². The van der Waals surface area contributed by atoms with Crippen LogP contribution in [0.2, 0.25) is 0 Å². The van der Waals surface area contributed by atoms with Crippen molar-refractivity contribution in [3.05, 3.63) is 0 Å². The van der Waals surface area contributed by atoms with E-state index in [1.807, 2.05) is 0 Å². The van der Waals surface area contributed by atoms with Crippen molar-refractivity contribution in [2.75, 3.05) is 13.2 Å². The normalized spacial score (nSPS) is 23.8. The predicted octanol–water partition coefficient (Wildman–Crippen LogP) is -0.112. The highest BCUT2D eigenvalue weighted by molar-refractivity contribution is 5.87. The van der Waals surface area contributed by atoms with E-state index < -0.39 is 12.1 Å². The number of ether oxygens (including phenoxy) is 1. The topological polar surface area (TPSA) is 72.6 Å². The van der Waals surface area contributed by atoms with Crippen LogP contribution in [-0.4, -0.2) is 42.0 Å². The second-order valence-electron chi connectivity index (χ2n) is 3.71. The Bertz CT molecular complexity index is 255. The van der Waals surface area contributed by atoms with Crippen molar-refractivity contribution < 1.29 is 14.3 Å². The summed E-state index contributed by atoms with van der Waals surface area (Å²) in [6, 6.07) is -0.987. The summed E-state index contributed by atoms with van der Waals surface area (Å²) in [4.78, 5) is 24.6. The van der Waals surface area contributed by atoms with Crippen molar-refractivity contribution in [1.29, 1.82) is 0 Å². The summed E-state index contributed by atoms with van der Waals surface area (Å²) in [5, 5.41) is 0. The molecule has 0 spiro atoms. The minimum atomic E-state index is -0.524. The lowest BCUT2D eigenvalue weighted by Crippen LogP contribution is -2.54. The number of rotatable bonds is 3. The minimum absolute atomic E-state index is 0.151. The highest BCUT2D eigenvalue weighted by Gasteiger charge is 2.32. The molecule has 1 heterocycles.